The van der Waals surface area contributed by atoms with Crippen LogP contribution in [-0.2, 0) is 9.53 Å². The summed E-state index contributed by atoms with van der Waals surface area (Å²) in [5.41, 5.74) is 8.22. The number of anilines is 1. The Bertz CT molecular complexity index is 831. The predicted molar refractivity (Wildman–Crippen MR) is 98.2 cm³/mol. The Morgan fingerprint density at radius 2 is 1.54 bits per heavy atom. The first-order chi connectivity index (χ1) is 12.4. The largest absolute Gasteiger partial charge is 0.467 e. The molecule has 1 amide bonds. The van der Waals surface area contributed by atoms with E-state index in [9.17, 15) is 14.7 Å². The fraction of sp³-hybridized carbons (Fsp3) is 0.200. The summed E-state index contributed by atoms with van der Waals surface area (Å²) in [5, 5.41) is 12.1. The average Bonchev–Trinajstić information content (AvgIpc) is 2.65. The number of aliphatic hydroxyl groups excluding tert-OH is 1. The van der Waals surface area contributed by atoms with Gasteiger partial charge in [-0.3, -0.25) is 4.79 Å². The summed E-state index contributed by atoms with van der Waals surface area (Å²) in [5.74, 6) is 4.81. The number of hydrogen-bond acceptors (Lipinski definition) is 5. The van der Waals surface area contributed by atoms with Gasteiger partial charge >= 0.3 is 5.97 Å². The first-order valence-electron chi connectivity index (χ1n) is 7.95. The topological polar surface area (TPSA) is 102 Å². The van der Waals surface area contributed by atoms with Crippen molar-refractivity contribution in [1.29, 1.82) is 0 Å². The van der Waals surface area contributed by atoms with E-state index in [1.807, 2.05) is 12.1 Å². The summed E-state index contributed by atoms with van der Waals surface area (Å²) < 4.78 is 4.57. The Balaban J connectivity index is 2.08. The van der Waals surface area contributed by atoms with E-state index in [1.165, 1.54) is 14.0 Å². The summed E-state index contributed by atoms with van der Waals surface area (Å²) in [6.07, 6.45) is -1.07. The molecule has 0 heterocycles. The fourth-order valence-electron chi connectivity index (χ4n) is 2.14. The number of benzene rings is 2. The molecule has 0 aliphatic heterocycles. The van der Waals surface area contributed by atoms with Crippen LogP contribution in [0.15, 0.2) is 48.5 Å². The highest BCUT2D eigenvalue weighted by Crippen LogP contribution is 2.07. The molecular formula is C20H20N2O4. The van der Waals surface area contributed by atoms with Gasteiger partial charge in [0.25, 0.3) is 5.91 Å². The SMILES string of the molecule is COC(=O)[C@H](NC(=O)c1ccc(C#Cc2ccc(N)cc2)cc1)[C@@H](C)O. The number of esters is 1. The minimum Gasteiger partial charge on any atom is -0.467 e. The van der Waals surface area contributed by atoms with Crippen molar-refractivity contribution < 1.29 is 19.4 Å². The number of amides is 1. The number of carbonyl (C=O) groups is 2. The Labute approximate surface area is 152 Å². The van der Waals surface area contributed by atoms with Crippen LogP contribution in [0.3, 0.4) is 0 Å². The van der Waals surface area contributed by atoms with Crippen molar-refractivity contribution in [3.8, 4) is 11.8 Å². The fourth-order valence-corrected chi connectivity index (χ4v) is 2.14. The third kappa shape index (κ3) is 5.10. The quantitative estimate of drug-likeness (QED) is 0.438. The molecule has 134 valence electrons. The van der Waals surface area contributed by atoms with Gasteiger partial charge in [-0.25, -0.2) is 4.79 Å². The molecule has 2 aromatic rings. The van der Waals surface area contributed by atoms with E-state index in [0.717, 1.165) is 11.1 Å². The summed E-state index contributed by atoms with van der Waals surface area (Å²) in [6, 6.07) is 12.7. The number of nitrogens with one attached hydrogen (secondary N) is 1. The molecule has 0 fully saturated rings. The van der Waals surface area contributed by atoms with Crippen molar-refractivity contribution in [3.63, 3.8) is 0 Å². The summed E-state index contributed by atoms with van der Waals surface area (Å²) in [7, 11) is 1.19. The molecule has 6 heteroatoms. The number of ether oxygens (including phenoxy) is 1. The van der Waals surface area contributed by atoms with Gasteiger partial charge in [-0.2, -0.15) is 0 Å². The smallest absolute Gasteiger partial charge is 0.331 e. The lowest BCUT2D eigenvalue weighted by Crippen LogP contribution is -2.48. The minimum atomic E-state index is -1.13. The van der Waals surface area contributed by atoms with Gasteiger partial charge in [-0.05, 0) is 55.5 Å². The van der Waals surface area contributed by atoms with Crippen LogP contribution in [0.5, 0.6) is 0 Å². The van der Waals surface area contributed by atoms with E-state index in [2.05, 4.69) is 21.9 Å². The van der Waals surface area contributed by atoms with Crippen molar-refractivity contribution in [2.45, 2.75) is 19.1 Å². The molecule has 0 aliphatic carbocycles. The maximum Gasteiger partial charge on any atom is 0.331 e. The minimum absolute atomic E-state index is 0.345. The lowest BCUT2D eigenvalue weighted by Gasteiger charge is -2.18. The second kappa shape index (κ2) is 8.70. The molecule has 0 aromatic heterocycles. The molecule has 0 unspecified atom stereocenters. The van der Waals surface area contributed by atoms with Gasteiger partial charge in [0.2, 0.25) is 0 Å². The standard InChI is InChI=1S/C20H20N2O4/c1-13(23)18(20(25)26-2)22-19(24)16-9-5-14(6-10-16)3-4-15-7-11-17(21)12-8-15/h5-13,18,23H,21H2,1-2H3,(H,22,24)/t13-,18-/m1/s1. The molecule has 0 saturated heterocycles. The highest BCUT2D eigenvalue weighted by molar-refractivity contribution is 5.97. The third-order valence-electron chi connectivity index (χ3n) is 3.63. The Morgan fingerprint density at radius 1 is 1.04 bits per heavy atom. The van der Waals surface area contributed by atoms with E-state index in [-0.39, 0.29) is 0 Å². The van der Waals surface area contributed by atoms with E-state index in [1.54, 1.807) is 36.4 Å². The number of aliphatic hydroxyl groups is 1. The lowest BCUT2D eigenvalue weighted by atomic mass is 10.1. The molecule has 0 radical (unpaired) electrons. The van der Waals surface area contributed by atoms with E-state index >= 15 is 0 Å². The zero-order valence-corrected chi connectivity index (χ0v) is 14.5. The van der Waals surface area contributed by atoms with Crippen LogP contribution in [0, 0.1) is 11.8 Å². The first-order valence-corrected chi connectivity index (χ1v) is 7.95. The highest BCUT2D eigenvalue weighted by Gasteiger charge is 2.26. The van der Waals surface area contributed by atoms with Gasteiger partial charge < -0.3 is 20.9 Å². The predicted octanol–water partition coefficient (Wildman–Crippen LogP) is 1.32. The van der Waals surface area contributed by atoms with Crippen LogP contribution in [-0.4, -0.2) is 36.2 Å². The summed E-state index contributed by atoms with van der Waals surface area (Å²) in [4.78, 5) is 23.8. The molecular weight excluding hydrogens is 332 g/mol. The Hall–Kier alpha value is -3.30. The summed E-state index contributed by atoms with van der Waals surface area (Å²) in [6.45, 7) is 1.40. The molecule has 4 N–H and O–H groups in total. The van der Waals surface area contributed by atoms with Gasteiger partial charge in [0, 0.05) is 22.4 Å². The van der Waals surface area contributed by atoms with Gasteiger partial charge in [-0.1, -0.05) is 11.8 Å². The molecule has 2 rings (SSSR count). The van der Waals surface area contributed by atoms with Crippen molar-refractivity contribution in [2.24, 2.45) is 0 Å². The Morgan fingerprint density at radius 3 is 2.00 bits per heavy atom. The molecule has 0 spiro atoms. The Kier molecular flexibility index (Phi) is 6.36. The maximum absolute atomic E-state index is 12.2. The van der Waals surface area contributed by atoms with E-state index < -0.39 is 24.0 Å². The van der Waals surface area contributed by atoms with Crippen LogP contribution in [0.2, 0.25) is 0 Å². The van der Waals surface area contributed by atoms with Crippen molar-refractivity contribution >= 4 is 17.6 Å². The maximum atomic E-state index is 12.2. The number of rotatable bonds is 4. The average molecular weight is 352 g/mol. The van der Waals surface area contributed by atoms with Crippen LogP contribution < -0.4 is 11.1 Å². The van der Waals surface area contributed by atoms with Gasteiger partial charge in [0.15, 0.2) is 6.04 Å². The van der Waals surface area contributed by atoms with Gasteiger partial charge in [-0.15, -0.1) is 0 Å². The van der Waals surface area contributed by atoms with Crippen molar-refractivity contribution in [1.82, 2.24) is 5.32 Å². The normalized spacial score (nSPS) is 12.3. The monoisotopic (exact) mass is 352 g/mol. The zero-order valence-electron chi connectivity index (χ0n) is 14.5. The number of hydrogen-bond donors (Lipinski definition) is 3. The molecule has 2 atom stereocenters. The molecule has 0 aliphatic rings. The molecule has 6 nitrogen and oxygen atoms in total. The first kappa shape index (κ1) is 19.0. The molecule has 0 bridgehead atoms. The van der Waals surface area contributed by atoms with Gasteiger partial charge in [0.1, 0.15) is 0 Å². The van der Waals surface area contributed by atoms with Crippen LogP contribution in [0.1, 0.15) is 28.4 Å². The second-order valence-corrected chi connectivity index (χ2v) is 5.66. The molecule has 26 heavy (non-hydrogen) atoms. The zero-order chi connectivity index (χ0) is 19.1. The number of nitrogen functional groups attached to an aromatic ring is 1. The molecule has 2 aromatic carbocycles. The van der Waals surface area contributed by atoms with Gasteiger partial charge in [0.05, 0.1) is 13.2 Å². The number of methoxy groups -OCH3 is 1. The number of nitrogens with two attached hydrogens (primary N) is 1. The molecule has 0 saturated carbocycles. The lowest BCUT2D eigenvalue weighted by molar-refractivity contribution is -0.145. The van der Waals surface area contributed by atoms with E-state index in [4.69, 9.17) is 5.73 Å². The third-order valence-corrected chi connectivity index (χ3v) is 3.63. The van der Waals surface area contributed by atoms with Crippen LogP contribution >= 0.6 is 0 Å². The van der Waals surface area contributed by atoms with Crippen molar-refractivity contribution in [3.05, 3.63) is 65.2 Å². The summed E-state index contributed by atoms with van der Waals surface area (Å²) >= 11 is 0. The van der Waals surface area contributed by atoms with E-state index in [0.29, 0.717) is 11.3 Å². The number of carbonyl (C=O) groups excluding carboxylic acids is 2. The van der Waals surface area contributed by atoms with Crippen LogP contribution in [0.25, 0.3) is 0 Å². The van der Waals surface area contributed by atoms with Crippen molar-refractivity contribution in [2.75, 3.05) is 12.8 Å². The second-order valence-electron chi connectivity index (χ2n) is 5.66. The highest BCUT2D eigenvalue weighted by atomic mass is 16.5. The van der Waals surface area contributed by atoms with Crippen LogP contribution in [0.4, 0.5) is 5.69 Å².